The Bertz CT molecular complexity index is 315. The van der Waals surface area contributed by atoms with Crippen molar-refractivity contribution >= 4 is 12.0 Å². The lowest BCUT2D eigenvalue weighted by Gasteiger charge is -2.28. The summed E-state index contributed by atoms with van der Waals surface area (Å²) in [6, 6.07) is -0.315. The summed E-state index contributed by atoms with van der Waals surface area (Å²) in [5.41, 5.74) is 0. The van der Waals surface area contributed by atoms with E-state index in [1.54, 1.807) is 0 Å². The lowest BCUT2D eigenvalue weighted by Crippen LogP contribution is -2.42. The van der Waals surface area contributed by atoms with Gasteiger partial charge in [-0.1, -0.05) is 0 Å². The third kappa shape index (κ3) is 7.33. The minimum atomic E-state index is -0.832. The average molecular weight is 285 g/mol. The molecule has 1 atom stereocenters. The topological polar surface area (TPSA) is 81.7 Å². The number of nitrogens with one attached hydrogen (secondary N) is 2. The molecule has 6 nitrogen and oxygen atoms in total. The first kappa shape index (κ1) is 16.8. The van der Waals surface area contributed by atoms with Crippen LogP contribution in [0, 0.1) is 5.92 Å². The largest absolute Gasteiger partial charge is 0.481 e. The molecule has 1 aliphatic rings. The van der Waals surface area contributed by atoms with Crippen LogP contribution in [0.4, 0.5) is 4.79 Å². The highest BCUT2D eigenvalue weighted by Crippen LogP contribution is 2.18. The number of carbonyl (C=O) groups excluding carboxylic acids is 1. The minimum absolute atomic E-state index is 0.0804. The van der Waals surface area contributed by atoms with E-state index in [2.05, 4.69) is 22.6 Å². The number of nitrogens with zero attached hydrogens (tertiary/aromatic N) is 1. The number of likely N-dealkylation sites (tertiary alicyclic amines) is 1. The third-order valence-corrected chi connectivity index (χ3v) is 3.84. The van der Waals surface area contributed by atoms with Gasteiger partial charge in [0, 0.05) is 19.0 Å². The van der Waals surface area contributed by atoms with Crippen LogP contribution in [0.3, 0.4) is 0 Å². The lowest BCUT2D eigenvalue weighted by molar-refractivity contribution is -0.137. The second-order valence-corrected chi connectivity index (χ2v) is 5.77. The molecule has 0 aromatic rings. The lowest BCUT2D eigenvalue weighted by atomic mass is 9.94. The van der Waals surface area contributed by atoms with Crippen molar-refractivity contribution in [2.45, 2.75) is 45.1 Å². The Morgan fingerprint density at radius 3 is 2.60 bits per heavy atom. The maximum Gasteiger partial charge on any atom is 0.314 e. The molecule has 1 heterocycles. The molecule has 1 unspecified atom stereocenters. The van der Waals surface area contributed by atoms with Crippen molar-refractivity contribution in [3.8, 4) is 0 Å². The van der Waals surface area contributed by atoms with Crippen LogP contribution in [-0.2, 0) is 4.79 Å². The van der Waals surface area contributed by atoms with E-state index in [1.165, 1.54) is 12.8 Å². The molecule has 0 spiro atoms. The molecule has 0 aliphatic carbocycles. The number of carboxylic acids is 1. The van der Waals surface area contributed by atoms with E-state index in [0.717, 1.165) is 19.5 Å². The molecule has 0 aromatic carbocycles. The van der Waals surface area contributed by atoms with E-state index in [4.69, 9.17) is 5.11 Å². The maximum absolute atomic E-state index is 11.6. The second kappa shape index (κ2) is 8.79. The zero-order valence-corrected chi connectivity index (χ0v) is 12.5. The Morgan fingerprint density at radius 1 is 1.35 bits per heavy atom. The summed E-state index contributed by atoms with van der Waals surface area (Å²) in [4.78, 5) is 24.4. The Kier molecular flexibility index (Phi) is 7.36. The first-order valence-electron chi connectivity index (χ1n) is 7.42. The van der Waals surface area contributed by atoms with Crippen molar-refractivity contribution in [1.82, 2.24) is 15.5 Å². The van der Waals surface area contributed by atoms with Crippen molar-refractivity contribution in [3.05, 3.63) is 0 Å². The molecule has 1 fully saturated rings. The van der Waals surface area contributed by atoms with Crippen LogP contribution in [0.15, 0.2) is 0 Å². The number of amides is 2. The molecule has 3 N–H and O–H groups in total. The molecule has 20 heavy (non-hydrogen) atoms. The number of hydrogen-bond donors (Lipinski definition) is 3. The molecule has 0 radical (unpaired) electrons. The number of hydrogen-bond acceptors (Lipinski definition) is 3. The van der Waals surface area contributed by atoms with Gasteiger partial charge in [0.2, 0.25) is 0 Å². The van der Waals surface area contributed by atoms with Crippen LogP contribution < -0.4 is 10.6 Å². The molecule has 0 saturated carbocycles. The fraction of sp³-hybridized carbons (Fsp3) is 0.857. The number of piperidine rings is 1. The van der Waals surface area contributed by atoms with Crippen molar-refractivity contribution in [3.63, 3.8) is 0 Å². The van der Waals surface area contributed by atoms with E-state index in [0.29, 0.717) is 18.9 Å². The summed E-state index contributed by atoms with van der Waals surface area (Å²) in [6.07, 6.45) is 3.96. The van der Waals surface area contributed by atoms with Gasteiger partial charge < -0.3 is 20.6 Å². The Hall–Kier alpha value is -1.30. The van der Waals surface area contributed by atoms with Crippen molar-refractivity contribution in [2.75, 3.05) is 26.7 Å². The molecule has 1 rings (SSSR count). The maximum atomic E-state index is 11.6. The van der Waals surface area contributed by atoms with Crippen molar-refractivity contribution in [1.29, 1.82) is 0 Å². The average Bonchev–Trinajstić information content (AvgIpc) is 2.38. The molecule has 116 valence electrons. The van der Waals surface area contributed by atoms with Crippen molar-refractivity contribution < 1.29 is 14.7 Å². The van der Waals surface area contributed by atoms with E-state index in [-0.39, 0.29) is 18.5 Å². The van der Waals surface area contributed by atoms with Gasteiger partial charge in [0.25, 0.3) is 0 Å². The third-order valence-electron chi connectivity index (χ3n) is 3.84. The minimum Gasteiger partial charge on any atom is -0.481 e. The Balaban J connectivity index is 2.06. The van der Waals surface area contributed by atoms with Gasteiger partial charge in [0.15, 0.2) is 0 Å². The van der Waals surface area contributed by atoms with Gasteiger partial charge >= 0.3 is 12.0 Å². The zero-order chi connectivity index (χ0) is 15.0. The first-order chi connectivity index (χ1) is 9.47. The summed E-state index contributed by atoms with van der Waals surface area (Å²) >= 11 is 0. The van der Waals surface area contributed by atoms with E-state index >= 15 is 0 Å². The smallest absolute Gasteiger partial charge is 0.314 e. The summed E-state index contributed by atoms with van der Waals surface area (Å²) in [5.74, 6) is -0.128. The summed E-state index contributed by atoms with van der Waals surface area (Å²) in [7, 11) is 2.14. The van der Waals surface area contributed by atoms with E-state index in [1.807, 2.05) is 6.92 Å². The predicted octanol–water partition coefficient (Wildman–Crippen LogP) is 1.27. The van der Waals surface area contributed by atoms with E-state index < -0.39 is 5.97 Å². The van der Waals surface area contributed by atoms with Gasteiger partial charge in [-0.25, -0.2) is 4.79 Å². The number of urea groups is 1. The van der Waals surface area contributed by atoms with E-state index in [9.17, 15) is 9.59 Å². The van der Waals surface area contributed by atoms with Gasteiger partial charge in [0.1, 0.15) is 0 Å². The normalized spacial score (nSPS) is 18.5. The molecule has 1 aliphatic heterocycles. The van der Waals surface area contributed by atoms with Gasteiger partial charge in [-0.15, -0.1) is 0 Å². The molecular weight excluding hydrogens is 258 g/mol. The molecule has 0 aromatic heterocycles. The monoisotopic (exact) mass is 285 g/mol. The summed E-state index contributed by atoms with van der Waals surface area (Å²) in [5, 5.41) is 14.2. The number of carboxylic acid groups (broad SMARTS) is 1. The highest BCUT2D eigenvalue weighted by atomic mass is 16.4. The fourth-order valence-electron chi connectivity index (χ4n) is 2.43. The van der Waals surface area contributed by atoms with Gasteiger partial charge in [-0.3, -0.25) is 4.79 Å². The number of aliphatic carboxylic acids is 1. The van der Waals surface area contributed by atoms with Crippen LogP contribution in [-0.4, -0.2) is 54.7 Å². The summed E-state index contributed by atoms with van der Waals surface area (Å²) < 4.78 is 0. The SMILES string of the molecule is CC(CCC(=O)O)NC(=O)NCCC1CCN(C)CC1. The predicted molar refractivity (Wildman–Crippen MR) is 77.7 cm³/mol. The molecule has 6 heteroatoms. The number of rotatable bonds is 7. The Labute approximate surface area is 120 Å². The molecule has 2 amide bonds. The molecule has 1 saturated heterocycles. The highest BCUT2D eigenvalue weighted by molar-refractivity contribution is 5.74. The standard InChI is InChI=1S/C14H27N3O3/c1-11(3-4-13(18)19)16-14(20)15-8-5-12-6-9-17(2)10-7-12/h11-12H,3-10H2,1-2H3,(H,18,19)(H2,15,16,20). The zero-order valence-electron chi connectivity index (χ0n) is 12.5. The molecule has 0 bridgehead atoms. The highest BCUT2D eigenvalue weighted by Gasteiger charge is 2.16. The number of carbonyl (C=O) groups is 2. The van der Waals surface area contributed by atoms with Gasteiger partial charge in [-0.2, -0.15) is 0 Å². The van der Waals surface area contributed by atoms with Crippen LogP contribution in [0.5, 0.6) is 0 Å². The van der Waals surface area contributed by atoms with Crippen LogP contribution >= 0.6 is 0 Å². The van der Waals surface area contributed by atoms with Crippen LogP contribution in [0.25, 0.3) is 0 Å². The van der Waals surface area contributed by atoms with Gasteiger partial charge in [0.05, 0.1) is 0 Å². The first-order valence-corrected chi connectivity index (χ1v) is 7.42. The van der Waals surface area contributed by atoms with Crippen LogP contribution in [0.2, 0.25) is 0 Å². The molecular formula is C14H27N3O3. The quantitative estimate of drug-likeness (QED) is 0.658. The van der Waals surface area contributed by atoms with Gasteiger partial charge in [-0.05, 0) is 58.7 Å². The van der Waals surface area contributed by atoms with Crippen LogP contribution in [0.1, 0.15) is 39.0 Å². The summed E-state index contributed by atoms with van der Waals surface area (Å²) in [6.45, 7) is 4.79. The Morgan fingerprint density at radius 2 is 2.00 bits per heavy atom. The fourth-order valence-corrected chi connectivity index (χ4v) is 2.43. The second-order valence-electron chi connectivity index (χ2n) is 5.77. The van der Waals surface area contributed by atoms with Crippen molar-refractivity contribution in [2.24, 2.45) is 5.92 Å².